The minimum Gasteiger partial charge on any atom is -0.481 e. The molecule has 100 valence electrons. The Morgan fingerprint density at radius 2 is 2.16 bits per heavy atom. The number of thioether (sulfide) groups is 1. The van der Waals surface area contributed by atoms with Gasteiger partial charge in [0.05, 0.1) is 15.9 Å². The molecule has 0 fully saturated rings. The summed E-state index contributed by atoms with van der Waals surface area (Å²) < 4.78 is 28.6. The van der Waals surface area contributed by atoms with Crippen molar-refractivity contribution in [3.05, 3.63) is 40.6 Å². The van der Waals surface area contributed by atoms with Crippen molar-refractivity contribution in [2.75, 3.05) is 5.75 Å². The standard InChI is InChI=1S/C11H7BrF2N2O2S/c12-6-3-8(14)9(4-7(6)13)16-2-1-15-11(16)19-5-10(17)18/h1-4H,5H2,(H,17,18). The highest BCUT2D eigenvalue weighted by molar-refractivity contribution is 9.10. The Hall–Kier alpha value is -1.41. The average Bonchev–Trinajstić information content (AvgIpc) is 2.79. The molecular weight excluding hydrogens is 342 g/mol. The Morgan fingerprint density at radius 3 is 2.84 bits per heavy atom. The summed E-state index contributed by atoms with van der Waals surface area (Å²) in [4.78, 5) is 14.4. The molecule has 2 aromatic rings. The van der Waals surface area contributed by atoms with Gasteiger partial charge in [0.15, 0.2) is 5.16 Å². The maximum atomic E-state index is 13.8. The molecule has 0 radical (unpaired) electrons. The van der Waals surface area contributed by atoms with Gasteiger partial charge in [-0.2, -0.15) is 0 Å². The zero-order chi connectivity index (χ0) is 14.0. The van der Waals surface area contributed by atoms with E-state index in [1.165, 1.54) is 17.0 Å². The molecule has 0 saturated carbocycles. The number of carbonyl (C=O) groups is 1. The number of nitrogens with zero attached hydrogens (tertiary/aromatic N) is 2. The minimum atomic E-state index is -1.01. The Morgan fingerprint density at radius 1 is 1.42 bits per heavy atom. The van der Waals surface area contributed by atoms with Crippen molar-refractivity contribution >= 4 is 33.7 Å². The summed E-state index contributed by atoms with van der Waals surface area (Å²) >= 11 is 3.82. The summed E-state index contributed by atoms with van der Waals surface area (Å²) in [5.41, 5.74) is -0.0221. The number of carboxylic acids is 1. The van der Waals surface area contributed by atoms with Gasteiger partial charge in [-0.15, -0.1) is 0 Å². The van der Waals surface area contributed by atoms with E-state index in [0.717, 1.165) is 23.9 Å². The number of aromatic nitrogens is 2. The van der Waals surface area contributed by atoms with Gasteiger partial charge in [-0.1, -0.05) is 11.8 Å². The number of rotatable bonds is 4. The van der Waals surface area contributed by atoms with Gasteiger partial charge in [-0.05, 0) is 22.0 Å². The van der Waals surface area contributed by atoms with Crippen molar-refractivity contribution in [1.82, 2.24) is 9.55 Å². The molecule has 0 amide bonds. The van der Waals surface area contributed by atoms with E-state index in [2.05, 4.69) is 20.9 Å². The van der Waals surface area contributed by atoms with Crippen molar-refractivity contribution in [3.8, 4) is 5.69 Å². The van der Waals surface area contributed by atoms with Crippen molar-refractivity contribution in [2.24, 2.45) is 0 Å². The lowest BCUT2D eigenvalue weighted by Crippen LogP contribution is -2.03. The van der Waals surface area contributed by atoms with Crippen LogP contribution in [0, 0.1) is 11.6 Å². The fourth-order valence-electron chi connectivity index (χ4n) is 1.40. The van der Waals surface area contributed by atoms with Gasteiger partial charge >= 0.3 is 5.97 Å². The highest BCUT2D eigenvalue weighted by Crippen LogP contribution is 2.26. The topological polar surface area (TPSA) is 55.1 Å². The predicted octanol–water partition coefficient (Wildman–Crippen LogP) is 3.09. The van der Waals surface area contributed by atoms with Crippen LogP contribution in [0.25, 0.3) is 5.69 Å². The second kappa shape index (κ2) is 5.70. The zero-order valence-corrected chi connectivity index (χ0v) is 11.7. The first-order valence-electron chi connectivity index (χ1n) is 5.02. The number of halogens is 3. The summed E-state index contributed by atoms with van der Waals surface area (Å²) in [5, 5.41) is 8.89. The highest BCUT2D eigenvalue weighted by atomic mass is 79.9. The summed E-state index contributed by atoms with van der Waals surface area (Å²) in [5.74, 6) is -2.47. The summed E-state index contributed by atoms with van der Waals surface area (Å²) in [6.45, 7) is 0. The van der Waals surface area contributed by atoms with Gasteiger partial charge in [0.25, 0.3) is 0 Å². The van der Waals surface area contributed by atoms with Crippen LogP contribution < -0.4 is 0 Å². The lowest BCUT2D eigenvalue weighted by molar-refractivity contribution is -0.133. The fraction of sp³-hybridized carbons (Fsp3) is 0.0909. The Bertz CT molecular complexity index is 633. The number of hydrogen-bond acceptors (Lipinski definition) is 3. The summed E-state index contributed by atoms with van der Waals surface area (Å²) in [7, 11) is 0. The number of hydrogen-bond donors (Lipinski definition) is 1. The minimum absolute atomic E-state index is 0.0219. The number of benzene rings is 1. The molecule has 0 atom stereocenters. The van der Waals surface area contributed by atoms with E-state index in [-0.39, 0.29) is 21.1 Å². The lowest BCUT2D eigenvalue weighted by atomic mass is 10.3. The van der Waals surface area contributed by atoms with Crippen LogP contribution in [0.2, 0.25) is 0 Å². The second-order valence-electron chi connectivity index (χ2n) is 3.48. The second-order valence-corrected chi connectivity index (χ2v) is 5.28. The van der Waals surface area contributed by atoms with Crippen molar-refractivity contribution in [2.45, 2.75) is 5.16 Å². The third-order valence-corrected chi connectivity index (χ3v) is 3.74. The van der Waals surface area contributed by atoms with Crippen LogP contribution in [0.4, 0.5) is 8.78 Å². The van der Waals surface area contributed by atoms with Crippen LogP contribution in [0.5, 0.6) is 0 Å². The van der Waals surface area contributed by atoms with Gasteiger partial charge in [-0.3, -0.25) is 9.36 Å². The molecule has 1 heterocycles. The smallest absolute Gasteiger partial charge is 0.313 e. The van der Waals surface area contributed by atoms with Crippen LogP contribution in [0.15, 0.2) is 34.2 Å². The monoisotopic (exact) mass is 348 g/mol. The highest BCUT2D eigenvalue weighted by Gasteiger charge is 2.14. The molecule has 2 rings (SSSR count). The maximum absolute atomic E-state index is 13.8. The molecule has 0 aliphatic heterocycles. The van der Waals surface area contributed by atoms with Gasteiger partial charge in [0.2, 0.25) is 0 Å². The van der Waals surface area contributed by atoms with Gasteiger partial charge in [0, 0.05) is 18.5 Å². The quantitative estimate of drug-likeness (QED) is 0.681. The Kier molecular flexibility index (Phi) is 4.20. The number of imidazole rings is 1. The third kappa shape index (κ3) is 3.13. The van der Waals surface area contributed by atoms with E-state index >= 15 is 0 Å². The van der Waals surface area contributed by atoms with E-state index < -0.39 is 17.6 Å². The van der Waals surface area contributed by atoms with E-state index in [1.54, 1.807) is 0 Å². The van der Waals surface area contributed by atoms with Gasteiger partial charge in [-0.25, -0.2) is 13.8 Å². The molecule has 0 aliphatic rings. The molecule has 0 unspecified atom stereocenters. The molecule has 8 heteroatoms. The van der Waals surface area contributed by atoms with Crippen LogP contribution in [0.1, 0.15) is 0 Å². The number of aliphatic carboxylic acids is 1. The Labute approximate surface area is 119 Å². The molecule has 0 spiro atoms. The van der Waals surface area contributed by atoms with Crippen molar-refractivity contribution in [1.29, 1.82) is 0 Å². The molecule has 1 aromatic heterocycles. The fourth-order valence-corrected chi connectivity index (χ4v) is 2.40. The average molecular weight is 349 g/mol. The summed E-state index contributed by atoms with van der Waals surface area (Å²) in [6.07, 6.45) is 2.83. The van der Waals surface area contributed by atoms with Crippen LogP contribution in [-0.2, 0) is 4.79 Å². The van der Waals surface area contributed by atoms with Gasteiger partial charge in [0.1, 0.15) is 11.6 Å². The van der Waals surface area contributed by atoms with E-state index in [1.807, 2.05) is 0 Å². The first-order chi connectivity index (χ1) is 8.99. The number of carboxylic acid groups (broad SMARTS) is 1. The maximum Gasteiger partial charge on any atom is 0.313 e. The molecule has 1 N–H and O–H groups in total. The van der Waals surface area contributed by atoms with E-state index in [4.69, 9.17) is 5.11 Å². The first-order valence-corrected chi connectivity index (χ1v) is 6.79. The molecule has 19 heavy (non-hydrogen) atoms. The summed E-state index contributed by atoms with van der Waals surface area (Å²) in [6, 6.07) is 2.03. The molecule has 4 nitrogen and oxygen atoms in total. The van der Waals surface area contributed by atoms with E-state index in [0.29, 0.717) is 0 Å². The molecule has 0 bridgehead atoms. The van der Waals surface area contributed by atoms with Crippen molar-refractivity contribution in [3.63, 3.8) is 0 Å². The Balaban J connectivity index is 2.40. The molecule has 0 aliphatic carbocycles. The van der Waals surface area contributed by atoms with Gasteiger partial charge < -0.3 is 5.11 Å². The predicted molar refractivity (Wildman–Crippen MR) is 69.5 cm³/mol. The zero-order valence-electron chi connectivity index (χ0n) is 9.31. The van der Waals surface area contributed by atoms with Crippen LogP contribution in [0.3, 0.4) is 0 Å². The SMILES string of the molecule is O=C(O)CSc1nccn1-c1cc(F)c(Br)cc1F. The third-order valence-electron chi connectivity index (χ3n) is 2.18. The van der Waals surface area contributed by atoms with Crippen LogP contribution in [-0.4, -0.2) is 26.4 Å². The molecular formula is C11H7BrF2N2O2S. The van der Waals surface area contributed by atoms with Crippen molar-refractivity contribution < 1.29 is 18.7 Å². The molecule has 0 saturated heterocycles. The van der Waals surface area contributed by atoms with E-state index in [9.17, 15) is 13.6 Å². The van der Waals surface area contributed by atoms with Crippen LogP contribution >= 0.6 is 27.7 Å². The largest absolute Gasteiger partial charge is 0.481 e. The first kappa shape index (κ1) is 14.0. The molecule has 1 aromatic carbocycles. The lowest BCUT2D eigenvalue weighted by Gasteiger charge is -2.08. The normalized spacial score (nSPS) is 10.7.